The summed E-state index contributed by atoms with van der Waals surface area (Å²) in [6.07, 6.45) is 2.40. The fraction of sp³-hybridized carbons (Fsp3) is 0.696. The van der Waals surface area contributed by atoms with Gasteiger partial charge in [0.1, 0.15) is 5.75 Å². The van der Waals surface area contributed by atoms with E-state index in [4.69, 9.17) is 9.73 Å². The van der Waals surface area contributed by atoms with Crippen molar-refractivity contribution >= 4 is 35.6 Å². The number of nitrogens with one attached hydrogen (secondary N) is 1. The van der Waals surface area contributed by atoms with E-state index in [-0.39, 0.29) is 24.0 Å². The molecule has 2 fully saturated rings. The first kappa shape index (κ1) is 26.0. The molecule has 1 N–H and O–H groups in total. The van der Waals surface area contributed by atoms with Gasteiger partial charge < -0.3 is 29.7 Å². The van der Waals surface area contributed by atoms with Crippen molar-refractivity contribution in [2.45, 2.75) is 19.8 Å². The van der Waals surface area contributed by atoms with Crippen molar-refractivity contribution in [1.29, 1.82) is 0 Å². The van der Waals surface area contributed by atoms with E-state index in [9.17, 15) is 0 Å². The maximum absolute atomic E-state index is 5.54. The van der Waals surface area contributed by atoms with Gasteiger partial charge in [0.15, 0.2) is 5.96 Å². The fourth-order valence-corrected chi connectivity index (χ4v) is 4.28. The summed E-state index contributed by atoms with van der Waals surface area (Å²) >= 11 is 0. The Bertz CT molecular complexity index is 665. The van der Waals surface area contributed by atoms with E-state index >= 15 is 0 Å². The highest BCUT2D eigenvalue weighted by Gasteiger charge is 2.21. The van der Waals surface area contributed by atoms with Crippen LogP contribution < -0.4 is 15.0 Å². The number of halogens is 1. The van der Waals surface area contributed by atoms with Gasteiger partial charge in [0.2, 0.25) is 0 Å². The molecule has 0 aliphatic carbocycles. The van der Waals surface area contributed by atoms with Crippen LogP contribution in [0.15, 0.2) is 29.3 Å². The van der Waals surface area contributed by atoms with Crippen LogP contribution in [0.25, 0.3) is 0 Å². The van der Waals surface area contributed by atoms with Crippen LogP contribution in [0.4, 0.5) is 5.69 Å². The molecule has 0 unspecified atom stereocenters. The van der Waals surface area contributed by atoms with E-state index in [0.29, 0.717) is 0 Å². The Morgan fingerprint density at radius 1 is 1.03 bits per heavy atom. The van der Waals surface area contributed by atoms with Crippen LogP contribution in [-0.4, -0.2) is 107 Å². The Kier molecular flexibility index (Phi) is 11.7. The highest BCUT2D eigenvalue weighted by Crippen LogP contribution is 2.28. The lowest BCUT2D eigenvalue weighted by atomic mass is 10.2. The number of piperazine rings is 1. The number of hydrogen-bond acceptors (Lipinski definition) is 5. The van der Waals surface area contributed by atoms with Gasteiger partial charge in [-0.2, -0.15) is 0 Å². The molecular weight excluding hydrogens is 503 g/mol. The summed E-state index contributed by atoms with van der Waals surface area (Å²) < 4.78 is 5.54. The maximum Gasteiger partial charge on any atom is 0.194 e. The number of rotatable bonds is 7. The van der Waals surface area contributed by atoms with Gasteiger partial charge in [-0.3, -0.25) is 4.99 Å². The molecule has 31 heavy (non-hydrogen) atoms. The predicted molar refractivity (Wildman–Crippen MR) is 141 cm³/mol. The molecule has 1 aromatic rings. The summed E-state index contributed by atoms with van der Waals surface area (Å²) in [5.74, 6) is 2.01. The first-order chi connectivity index (χ1) is 14.7. The molecule has 176 valence electrons. The number of guanidine groups is 1. The molecule has 2 heterocycles. The zero-order chi connectivity index (χ0) is 21.2. The summed E-state index contributed by atoms with van der Waals surface area (Å²) in [6.45, 7) is 13.8. The van der Waals surface area contributed by atoms with Crippen molar-refractivity contribution in [2.75, 3.05) is 91.0 Å². The monoisotopic (exact) mass is 544 g/mol. The Balaban J connectivity index is 0.00000341. The van der Waals surface area contributed by atoms with Gasteiger partial charge in [0, 0.05) is 52.4 Å². The number of methoxy groups -OCH3 is 1. The first-order valence-electron chi connectivity index (χ1n) is 11.5. The second-order valence-electron chi connectivity index (χ2n) is 8.23. The van der Waals surface area contributed by atoms with Crippen LogP contribution in [0.5, 0.6) is 5.75 Å². The van der Waals surface area contributed by atoms with Crippen molar-refractivity contribution in [3.63, 3.8) is 0 Å². The molecule has 8 heteroatoms. The van der Waals surface area contributed by atoms with Crippen LogP contribution in [-0.2, 0) is 0 Å². The first-order valence-corrected chi connectivity index (χ1v) is 11.5. The molecule has 0 atom stereocenters. The molecule has 0 bridgehead atoms. The number of nitrogens with zero attached hydrogens (tertiary/aromatic N) is 5. The third-order valence-electron chi connectivity index (χ3n) is 6.05. The number of benzene rings is 1. The number of hydrogen-bond donors (Lipinski definition) is 1. The Labute approximate surface area is 205 Å². The van der Waals surface area contributed by atoms with Gasteiger partial charge in [0.25, 0.3) is 0 Å². The van der Waals surface area contributed by atoms with Gasteiger partial charge in [0.05, 0.1) is 12.8 Å². The minimum Gasteiger partial charge on any atom is -0.495 e. The average molecular weight is 545 g/mol. The number of anilines is 1. The quantitative estimate of drug-likeness (QED) is 0.246. The van der Waals surface area contributed by atoms with E-state index in [0.717, 1.165) is 63.9 Å². The standard InChI is InChI=1S/C23H40N6O.HI/c1-4-24-23(25-11-7-13-27-14-8-12-26(2)15-16-27)29-19-17-28(18-20-29)21-9-5-6-10-22(21)30-3;/h5-6,9-10H,4,7-8,11-20H2,1-3H3,(H,24,25);1H. The van der Waals surface area contributed by atoms with Crippen molar-refractivity contribution in [3.05, 3.63) is 24.3 Å². The molecular formula is C23H41IN6O. The van der Waals surface area contributed by atoms with Gasteiger partial charge in [-0.15, -0.1) is 24.0 Å². The van der Waals surface area contributed by atoms with Gasteiger partial charge >= 0.3 is 0 Å². The SMILES string of the molecule is CCNC(=NCCCN1CCCN(C)CC1)N1CCN(c2ccccc2OC)CC1.I. The number of aliphatic imine (C=N–C) groups is 1. The average Bonchev–Trinajstić information content (AvgIpc) is 3.00. The lowest BCUT2D eigenvalue weighted by molar-refractivity contribution is 0.274. The number of para-hydroxylation sites is 2. The number of ether oxygens (including phenoxy) is 1. The van der Waals surface area contributed by atoms with Crippen molar-refractivity contribution < 1.29 is 4.74 Å². The maximum atomic E-state index is 5.54. The molecule has 7 nitrogen and oxygen atoms in total. The van der Waals surface area contributed by atoms with E-state index in [1.807, 2.05) is 12.1 Å². The molecule has 0 amide bonds. The van der Waals surface area contributed by atoms with Gasteiger partial charge in [-0.25, -0.2) is 0 Å². The summed E-state index contributed by atoms with van der Waals surface area (Å²) in [6, 6.07) is 8.29. The molecule has 1 aromatic carbocycles. The largest absolute Gasteiger partial charge is 0.495 e. The third-order valence-corrected chi connectivity index (χ3v) is 6.05. The third kappa shape index (κ3) is 7.98. The van der Waals surface area contributed by atoms with Gasteiger partial charge in [-0.05, 0) is 58.6 Å². The van der Waals surface area contributed by atoms with Crippen LogP contribution in [0.1, 0.15) is 19.8 Å². The minimum atomic E-state index is 0. The van der Waals surface area contributed by atoms with Crippen LogP contribution >= 0.6 is 24.0 Å². The normalized spacial score (nSPS) is 19.0. The highest BCUT2D eigenvalue weighted by atomic mass is 127. The summed E-state index contributed by atoms with van der Waals surface area (Å²) in [5, 5.41) is 3.50. The second-order valence-corrected chi connectivity index (χ2v) is 8.23. The highest BCUT2D eigenvalue weighted by molar-refractivity contribution is 14.0. The van der Waals surface area contributed by atoms with E-state index in [1.165, 1.54) is 38.3 Å². The second kappa shape index (κ2) is 14.0. The van der Waals surface area contributed by atoms with Crippen LogP contribution in [0.2, 0.25) is 0 Å². The molecule has 2 aliphatic heterocycles. The Morgan fingerprint density at radius 2 is 1.81 bits per heavy atom. The molecule has 0 spiro atoms. The number of likely N-dealkylation sites (N-methyl/N-ethyl adjacent to an activating group) is 1. The fourth-order valence-electron chi connectivity index (χ4n) is 4.28. The lowest BCUT2D eigenvalue weighted by Gasteiger charge is -2.38. The molecule has 2 saturated heterocycles. The summed E-state index contributed by atoms with van der Waals surface area (Å²) in [4.78, 5) is 14.8. The topological polar surface area (TPSA) is 46.6 Å². The van der Waals surface area contributed by atoms with Crippen LogP contribution in [0, 0.1) is 0 Å². The van der Waals surface area contributed by atoms with E-state index < -0.39 is 0 Å². The Hall–Kier alpha value is -1.26. The van der Waals surface area contributed by atoms with Crippen molar-refractivity contribution in [3.8, 4) is 5.75 Å². The van der Waals surface area contributed by atoms with E-state index in [1.54, 1.807) is 7.11 Å². The van der Waals surface area contributed by atoms with Crippen LogP contribution in [0.3, 0.4) is 0 Å². The molecule has 0 aromatic heterocycles. The lowest BCUT2D eigenvalue weighted by Crippen LogP contribution is -2.52. The predicted octanol–water partition coefficient (Wildman–Crippen LogP) is 2.43. The molecule has 2 aliphatic rings. The van der Waals surface area contributed by atoms with E-state index in [2.05, 4.69) is 51.0 Å². The van der Waals surface area contributed by atoms with Crippen molar-refractivity contribution in [2.24, 2.45) is 4.99 Å². The molecule has 0 radical (unpaired) electrons. The zero-order valence-electron chi connectivity index (χ0n) is 19.6. The zero-order valence-corrected chi connectivity index (χ0v) is 21.9. The Morgan fingerprint density at radius 3 is 2.55 bits per heavy atom. The summed E-state index contributed by atoms with van der Waals surface area (Å²) in [7, 11) is 3.97. The summed E-state index contributed by atoms with van der Waals surface area (Å²) in [5.41, 5.74) is 1.18. The smallest absolute Gasteiger partial charge is 0.194 e. The van der Waals surface area contributed by atoms with Gasteiger partial charge in [-0.1, -0.05) is 12.1 Å². The molecule has 3 rings (SSSR count). The minimum absolute atomic E-state index is 0. The van der Waals surface area contributed by atoms with Crippen molar-refractivity contribution in [1.82, 2.24) is 20.0 Å². The molecule has 0 saturated carbocycles.